The molecule has 1 atom stereocenters. The van der Waals surface area contributed by atoms with Gasteiger partial charge in [0.2, 0.25) is 21.8 Å². The maximum Gasteiger partial charge on any atom is 0.244 e. The van der Waals surface area contributed by atoms with Crippen molar-refractivity contribution in [1.29, 1.82) is 0 Å². The van der Waals surface area contributed by atoms with Crippen molar-refractivity contribution in [3.05, 3.63) is 63.6 Å². The molecule has 198 valence electrons. The molecule has 0 saturated carbocycles. The summed E-state index contributed by atoms with van der Waals surface area (Å²) >= 11 is 12.2. The van der Waals surface area contributed by atoms with E-state index in [4.69, 9.17) is 23.2 Å². The number of carbonyl (C=O) groups is 2. The zero-order valence-electron chi connectivity index (χ0n) is 21.8. The van der Waals surface area contributed by atoms with Crippen molar-refractivity contribution in [2.75, 3.05) is 17.1 Å². The molecule has 0 radical (unpaired) electrons. The van der Waals surface area contributed by atoms with Crippen molar-refractivity contribution in [2.24, 2.45) is 0 Å². The molecule has 2 aromatic rings. The van der Waals surface area contributed by atoms with Crippen LogP contribution in [0.25, 0.3) is 0 Å². The monoisotopic (exact) mass is 555 g/mol. The average molecular weight is 557 g/mol. The van der Waals surface area contributed by atoms with E-state index in [2.05, 4.69) is 26.1 Å². The number of hydrogen-bond donors (Lipinski definition) is 1. The molecule has 0 saturated heterocycles. The number of nitrogens with one attached hydrogen (secondary N) is 1. The fraction of sp³-hybridized carbons (Fsp3) is 0.462. The number of benzene rings is 2. The van der Waals surface area contributed by atoms with E-state index < -0.39 is 28.5 Å². The third-order valence-electron chi connectivity index (χ3n) is 5.64. The number of rotatable bonds is 9. The van der Waals surface area contributed by atoms with Crippen molar-refractivity contribution in [2.45, 2.75) is 65.6 Å². The Hall–Kier alpha value is -2.29. The average Bonchev–Trinajstić information content (AvgIpc) is 2.75. The van der Waals surface area contributed by atoms with Gasteiger partial charge in [0.25, 0.3) is 0 Å². The minimum atomic E-state index is -3.80. The number of sulfonamides is 1. The molecule has 36 heavy (non-hydrogen) atoms. The molecular weight excluding hydrogens is 521 g/mol. The summed E-state index contributed by atoms with van der Waals surface area (Å²) in [5.74, 6) is -0.878. The van der Waals surface area contributed by atoms with Crippen LogP contribution in [0.3, 0.4) is 0 Å². The molecule has 0 fully saturated rings. The second-order valence-corrected chi connectivity index (χ2v) is 12.9. The Balaban J connectivity index is 2.42. The van der Waals surface area contributed by atoms with Gasteiger partial charge in [0, 0.05) is 12.6 Å². The van der Waals surface area contributed by atoms with Crippen molar-refractivity contribution >= 4 is 50.7 Å². The first kappa shape index (κ1) is 29.9. The number of anilines is 1. The van der Waals surface area contributed by atoms with E-state index in [-0.39, 0.29) is 23.9 Å². The number of hydrogen-bond acceptors (Lipinski definition) is 4. The molecule has 10 heteroatoms. The molecule has 0 aromatic heterocycles. The van der Waals surface area contributed by atoms with Gasteiger partial charge in [0.1, 0.15) is 12.6 Å². The maximum absolute atomic E-state index is 13.6. The van der Waals surface area contributed by atoms with E-state index in [1.165, 1.54) is 4.90 Å². The lowest BCUT2D eigenvalue weighted by Gasteiger charge is -2.32. The molecule has 2 aromatic carbocycles. The van der Waals surface area contributed by atoms with Gasteiger partial charge < -0.3 is 10.2 Å². The molecule has 0 heterocycles. The smallest absolute Gasteiger partial charge is 0.244 e. The van der Waals surface area contributed by atoms with E-state index >= 15 is 0 Å². The minimum absolute atomic E-state index is 0.0446. The number of nitrogens with zero attached hydrogens (tertiary/aromatic N) is 2. The Morgan fingerprint density at radius 3 is 2.03 bits per heavy atom. The highest BCUT2D eigenvalue weighted by Crippen LogP contribution is 2.27. The summed E-state index contributed by atoms with van der Waals surface area (Å²) in [5, 5.41) is 3.49. The lowest BCUT2D eigenvalue weighted by atomic mass is 9.87. The molecule has 0 bridgehead atoms. The van der Waals surface area contributed by atoms with Crippen molar-refractivity contribution in [3.63, 3.8) is 0 Å². The number of amides is 2. The fourth-order valence-electron chi connectivity index (χ4n) is 3.56. The van der Waals surface area contributed by atoms with Crippen molar-refractivity contribution in [3.8, 4) is 0 Å². The van der Waals surface area contributed by atoms with E-state index in [0.717, 1.165) is 16.1 Å². The van der Waals surface area contributed by atoms with E-state index in [0.29, 0.717) is 21.3 Å². The van der Waals surface area contributed by atoms with Crippen LogP contribution in [0.1, 0.15) is 52.7 Å². The van der Waals surface area contributed by atoms with Crippen LogP contribution in [-0.2, 0) is 31.6 Å². The molecule has 0 aliphatic heterocycles. The van der Waals surface area contributed by atoms with Gasteiger partial charge in [0.15, 0.2) is 0 Å². The Bertz CT molecular complexity index is 1190. The summed E-state index contributed by atoms with van der Waals surface area (Å²) in [6, 6.07) is 11.0. The van der Waals surface area contributed by atoms with Crippen LogP contribution in [-0.4, -0.2) is 50.0 Å². The van der Waals surface area contributed by atoms with Crippen LogP contribution >= 0.6 is 23.2 Å². The molecule has 0 unspecified atom stereocenters. The first-order valence-electron chi connectivity index (χ1n) is 11.6. The zero-order valence-corrected chi connectivity index (χ0v) is 24.1. The summed E-state index contributed by atoms with van der Waals surface area (Å²) in [5.41, 5.74) is 1.95. The van der Waals surface area contributed by atoms with Gasteiger partial charge in [-0.15, -0.1) is 0 Å². The van der Waals surface area contributed by atoms with Gasteiger partial charge in [-0.2, -0.15) is 0 Å². The minimum Gasteiger partial charge on any atom is -0.352 e. The molecule has 0 aliphatic carbocycles. The molecule has 1 N–H and O–H groups in total. The molecule has 0 aliphatic rings. The first-order valence-corrected chi connectivity index (χ1v) is 14.2. The highest BCUT2D eigenvalue weighted by molar-refractivity contribution is 7.92. The standard InChI is InChI=1S/C26H35Cl2N3O4S/c1-17(2)29-25(33)18(3)30(15-19-8-13-22(27)23(28)14-19)24(32)16-31(36(7,34)35)21-11-9-20(10-12-21)26(4,5)6/h8-14,17-18H,15-16H2,1-7H3,(H,29,33)/t18-/m0/s1. The van der Waals surface area contributed by atoms with Crippen LogP contribution < -0.4 is 9.62 Å². The molecule has 2 amide bonds. The Labute approximate surface area is 224 Å². The largest absolute Gasteiger partial charge is 0.352 e. The third-order valence-corrected chi connectivity index (χ3v) is 7.52. The second kappa shape index (κ2) is 11.8. The third kappa shape index (κ3) is 8.11. The topological polar surface area (TPSA) is 86.8 Å². The highest BCUT2D eigenvalue weighted by Gasteiger charge is 2.30. The van der Waals surface area contributed by atoms with Crippen LogP contribution in [0.4, 0.5) is 5.69 Å². The predicted molar refractivity (Wildman–Crippen MR) is 147 cm³/mol. The summed E-state index contributed by atoms with van der Waals surface area (Å²) in [7, 11) is -3.80. The van der Waals surface area contributed by atoms with Crippen LogP contribution in [0, 0.1) is 0 Å². The lowest BCUT2D eigenvalue weighted by molar-refractivity contribution is -0.139. The van der Waals surface area contributed by atoms with Gasteiger partial charge in [-0.3, -0.25) is 13.9 Å². The summed E-state index contributed by atoms with van der Waals surface area (Å²) < 4.78 is 26.5. The maximum atomic E-state index is 13.6. The lowest BCUT2D eigenvalue weighted by Crippen LogP contribution is -2.52. The first-order chi connectivity index (χ1) is 16.5. The SMILES string of the molecule is CC(C)NC(=O)[C@H](C)N(Cc1ccc(Cl)c(Cl)c1)C(=O)CN(c1ccc(C(C)(C)C)cc1)S(C)(=O)=O. The number of carbonyl (C=O) groups excluding carboxylic acids is 2. The van der Waals surface area contributed by atoms with Crippen LogP contribution in [0.15, 0.2) is 42.5 Å². The van der Waals surface area contributed by atoms with E-state index in [1.807, 2.05) is 26.0 Å². The zero-order chi connectivity index (χ0) is 27.4. The summed E-state index contributed by atoms with van der Waals surface area (Å²) in [4.78, 5) is 27.7. The summed E-state index contributed by atoms with van der Waals surface area (Å²) in [6.45, 7) is 11.0. The predicted octanol–water partition coefficient (Wildman–Crippen LogP) is 5.00. The highest BCUT2D eigenvalue weighted by atomic mass is 35.5. The van der Waals surface area contributed by atoms with Gasteiger partial charge in [-0.1, -0.05) is 62.2 Å². The van der Waals surface area contributed by atoms with Gasteiger partial charge in [-0.25, -0.2) is 8.42 Å². The fourth-order valence-corrected chi connectivity index (χ4v) is 4.73. The summed E-state index contributed by atoms with van der Waals surface area (Å²) in [6.07, 6.45) is 1.05. The Morgan fingerprint density at radius 1 is 0.972 bits per heavy atom. The molecular formula is C26H35Cl2N3O4S. The molecule has 2 rings (SSSR count). The van der Waals surface area contributed by atoms with E-state index in [9.17, 15) is 18.0 Å². The van der Waals surface area contributed by atoms with Crippen molar-refractivity contribution < 1.29 is 18.0 Å². The van der Waals surface area contributed by atoms with Crippen molar-refractivity contribution in [1.82, 2.24) is 10.2 Å². The normalized spacial score (nSPS) is 12.8. The Morgan fingerprint density at radius 2 is 1.56 bits per heavy atom. The van der Waals surface area contributed by atoms with Crippen LogP contribution in [0.5, 0.6) is 0 Å². The quantitative estimate of drug-likeness (QED) is 0.471. The van der Waals surface area contributed by atoms with Gasteiger partial charge in [-0.05, 0) is 61.6 Å². The van der Waals surface area contributed by atoms with Gasteiger partial charge in [0.05, 0.1) is 22.0 Å². The van der Waals surface area contributed by atoms with E-state index in [1.54, 1.807) is 37.3 Å². The Kier molecular flexibility index (Phi) is 9.84. The second-order valence-electron chi connectivity index (χ2n) is 10.2. The van der Waals surface area contributed by atoms with Gasteiger partial charge >= 0.3 is 0 Å². The van der Waals surface area contributed by atoms with Crippen LogP contribution in [0.2, 0.25) is 10.0 Å². The molecule has 7 nitrogen and oxygen atoms in total. The number of halogens is 2. The molecule has 0 spiro atoms.